The number of carbonyl (C=O) groups is 3. The third kappa shape index (κ3) is 7.47. The number of amides is 2. The summed E-state index contributed by atoms with van der Waals surface area (Å²) < 4.78 is 4.97. The van der Waals surface area contributed by atoms with E-state index < -0.39 is 17.9 Å². The van der Waals surface area contributed by atoms with Crippen molar-refractivity contribution in [1.29, 1.82) is 5.41 Å². The fourth-order valence-electron chi connectivity index (χ4n) is 2.59. The summed E-state index contributed by atoms with van der Waals surface area (Å²) in [5, 5.41) is 12.8. The molecule has 0 aromatic heterocycles. The molecule has 1 aromatic rings. The summed E-state index contributed by atoms with van der Waals surface area (Å²) in [7, 11) is 0. The Hall–Kier alpha value is -2.46. The molecule has 29 heavy (non-hydrogen) atoms. The highest BCUT2D eigenvalue weighted by Crippen LogP contribution is 2.13. The fraction of sp³-hybridized carbons (Fsp3) is 0.444. The number of nitrogens with zero attached hydrogens (tertiary/aromatic N) is 1. The minimum atomic E-state index is -1.33. The van der Waals surface area contributed by atoms with Crippen molar-refractivity contribution in [3.63, 3.8) is 0 Å². The molecule has 1 aromatic carbocycles. The topological polar surface area (TPSA) is 138 Å². The van der Waals surface area contributed by atoms with E-state index in [4.69, 9.17) is 15.9 Å². The molecule has 0 saturated carbocycles. The summed E-state index contributed by atoms with van der Waals surface area (Å²) in [4.78, 5) is 38.7. The highest BCUT2D eigenvalue weighted by Gasteiger charge is 2.29. The molecular formula is C18H26ClN5O4S. The first kappa shape index (κ1) is 24.6. The van der Waals surface area contributed by atoms with Crippen LogP contribution in [0.25, 0.3) is 0 Å². The second kappa shape index (κ2) is 12.2. The van der Waals surface area contributed by atoms with E-state index in [-0.39, 0.29) is 37.3 Å². The predicted octanol–water partition coefficient (Wildman–Crippen LogP) is 0.428. The third-order valence-electron chi connectivity index (χ3n) is 4.05. The lowest BCUT2D eigenvalue weighted by atomic mass is 10.1. The van der Waals surface area contributed by atoms with Gasteiger partial charge in [0.1, 0.15) is 5.84 Å². The number of benzene rings is 1. The van der Waals surface area contributed by atoms with Crippen molar-refractivity contribution in [2.75, 3.05) is 43.1 Å². The van der Waals surface area contributed by atoms with Gasteiger partial charge in [-0.05, 0) is 19.1 Å². The van der Waals surface area contributed by atoms with E-state index in [1.54, 1.807) is 47.9 Å². The van der Waals surface area contributed by atoms with Crippen LogP contribution in [0.2, 0.25) is 0 Å². The first-order valence-corrected chi connectivity index (χ1v) is 10.1. The molecule has 1 aliphatic rings. The van der Waals surface area contributed by atoms with Crippen LogP contribution in [0.3, 0.4) is 0 Å². The lowest BCUT2D eigenvalue weighted by Crippen LogP contribution is -2.50. The molecular weight excluding hydrogens is 418 g/mol. The van der Waals surface area contributed by atoms with Gasteiger partial charge in [-0.15, -0.1) is 12.4 Å². The molecule has 0 spiro atoms. The van der Waals surface area contributed by atoms with Crippen LogP contribution >= 0.6 is 24.2 Å². The first-order valence-electron chi connectivity index (χ1n) is 8.93. The number of ether oxygens (including phenoxy) is 1. The van der Waals surface area contributed by atoms with Crippen LogP contribution in [0.1, 0.15) is 12.5 Å². The Morgan fingerprint density at radius 3 is 2.62 bits per heavy atom. The standard InChI is InChI=1S/C18H25N5O4S.ClH/c1-2-27-18(26)15(22-13-5-3-4-12(10-13)16(19)20)17(25)21-11-14(24)23-6-8-28-9-7-23;/h3-5,10,15,22H,2,6-9,11H2,1H3,(H3,19,20)(H,21,25);1H. The van der Waals surface area contributed by atoms with Crippen molar-refractivity contribution in [1.82, 2.24) is 10.2 Å². The van der Waals surface area contributed by atoms with Gasteiger partial charge in [0, 0.05) is 35.8 Å². The summed E-state index contributed by atoms with van der Waals surface area (Å²) in [5.41, 5.74) is 6.35. The monoisotopic (exact) mass is 443 g/mol. The molecule has 0 aliphatic carbocycles. The van der Waals surface area contributed by atoms with Crippen LogP contribution < -0.4 is 16.4 Å². The van der Waals surface area contributed by atoms with Crippen LogP contribution in [0, 0.1) is 5.41 Å². The predicted molar refractivity (Wildman–Crippen MR) is 116 cm³/mol. The van der Waals surface area contributed by atoms with Crippen molar-refractivity contribution in [3.8, 4) is 0 Å². The van der Waals surface area contributed by atoms with Crippen LogP contribution in [0.15, 0.2) is 24.3 Å². The minimum absolute atomic E-state index is 0. The summed E-state index contributed by atoms with van der Waals surface area (Å²) in [6.07, 6.45) is 0. The molecule has 1 atom stereocenters. The third-order valence-corrected chi connectivity index (χ3v) is 4.99. The van der Waals surface area contributed by atoms with Crippen molar-refractivity contribution in [3.05, 3.63) is 29.8 Å². The Kier molecular flexibility index (Phi) is 10.3. The second-order valence-corrected chi connectivity index (χ2v) is 7.26. The van der Waals surface area contributed by atoms with Gasteiger partial charge < -0.3 is 26.0 Å². The maximum absolute atomic E-state index is 12.6. The van der Waals surface area contributed by atoms with E-state index in [0.29, 0.717) is 24.3 Å². The summed E-state index contributed by atoms with van der Waals surface area (Å²) in [5.74, 6) is 0.0145. The Labute approximate surface area is 180 Å². The molecule has 2 amide bonds. The molecule has 160 valence electrons. The molecule has 9 nitrogen and oxygen atoms in total. The highest BCUT2D eigenvalue weighted by atomic mass is 35.5. The van der Waals surface area contributed by atoms with Crippen molar-refractivity contribution in [2.45, 2.75) is 13.0 Å². The smallest absolute Gasteiger partial charge is 0.338 e. The number of thioether (sulfide) groups is 1. The van der Waals surface area contributed by atoms with Crippen LogP contribution in [0.4, 0.5) is 5.69 Å². The zero-order chi connectivity index (χ0) is 20.5. The van der Waals surface area contributed by atoms with E-state index in [9.17, 15) is 14.4 Å². The molecule has 0 bridgehead atoms. The van der Waals surface area contributed by atoms with Gasteiger partial charge in [-0.3, -0.25) is 15.0 Å². The van der Waals surface area contributed by atoms with Crippen molar-refractivity contribution < 1.29 is 19.1 Å². The Bertz CT molecular complexity index is 743. The number of esters is 1. The summed E-state index contributed by atoms with van der Waals surface area (Å²) in [6.45, 7) is 2.87. The van der Waals surface area contributed by atoms with E-state index in [2.05, 4.69) is 10.6 Å². The zero-order valence-corrected chi connectivity index (χ0v) is 17.7. The van der Waals surface area contributed by atoms with Gasteiger partial charge in [0.25, 0.3) is 5.91 Å². The van der Waals surface area contributed by atoms with Crippen molar-refractivity contribution >= 4 is 53.5 Å². The molecule has 1 heterocycles. The van der Waals surface area contributed by atoms with Gasteiger partial charge in [-0.1, -0.05) is 12.1 Å². The Morgan fingerprint density at radius 2 is 2.00 bits per heavy atom. The van der Waals surface area contributed by atoms with Gasteiger partial charge in [-0.25, -0.2) is 4.79 Å². The number of rotatable bonds is 8. The number of nitrogens with two attached hydrogens (primary N) is 1. The number of amidine groups is 1. The van der Waals surface area contributed by atoms with E-state index >= 15 is 0 Å². The average molecular weight is 444 g/mol. The molecule has 1 aliphatic heterocycles. The van der Waals surface area contributed by atoms with Gasteiger partial charge in [0.05, 0.1) is 13.2 Å². The largest absolute Gasteiger partial charge is 0.464 e. The van der Waals surface area contributed by atoms with Crippen molar-refractivity contribution in [2.24, 2.45) is 5.73 Å². The lowest BCUT2D eigenvalue weighted by Gasteiger charge is -2.26. The molecule has 5 N–H and O–H groups in total. The van der Waals surface area contributed by atoms with Crippen LogP contribution in [-0.2, 0) is 19.1 Å². The molecule has 0 radical (unpaired) electrons. The molecule has 2 rings (SSSR count). The molecule has 11 heteroatoms. The van der Waals surface area contributed by atoms with Gasteiger partial charge in [0.15, 0.2) is 0 Å². The average Bonchev–Trinajstić information content (AvgIpc) is 2.71. The number of hydrogen-bond donors (Lipinski definition) is 4. The quantitative estimate of drug-likeness (QED) is 0.198. The SMILES string of the molecule is CCOC(=O)C(Nc1cccc(C(=N)N)c1)C(=O)NCC(=O)N1CCSCC1.Cl. The summed E-state index contributed by atoms with van der Waals surface area (Å²) >= 11 is 1.78. The number of nitrogen functional groups attached to an aromatic ring is 1. The minimum Gasteiger partial charge on any atom is -0.464 e. The van der Waals surface area contributed by atoms with Crippen LogP contribution in [-0.4, -0.2) is 72.3 Å². The number of halogens is 1. The van der Waals surface area contributed by atoms with Gasteiger partial charge >= 0.3 is 5.97 Å². The van der Waals surface area contributed by atoms with Gasteiger partial charge in [0.2, 0.25) is 11.9 Å². The maximum atomic E-state index is 12.6. The summed E-state index contributed by atoms with van der Waals surface area (Å²) in [6, 6.07) is 5.16. The number of hydrogen-bond acceptors (Lipinski definition) is 7. The molecule has 1 fully saturated rings. The van der Waals surface area contributed by atoms with E-state index in [0.717, 1.165) is 11.5 Å². The molecule has 1 saturated heterocycles. The fourth-order valence-corrected chi connectivity index (χ4v) is 3.49. The van der Waals surface area contributed by atoms with Crippen LogP contribution in [0.5, 0.6) is 0 Å². The Morgan fingerprint density at radius 1 is 1.31 bits per heavy atom. The van der Waals surface area contributed by atoms with E-state index in [1.165, 1.54) is 0 Å². The maximum Gasteiger partial charge on any atom is 0.338 e. The number of anilines is 1. The second-order valence-electron chi connectivity index (χ2n) is 6.03. The van der Waals surface area contributed by atoms with Gasteiger partial charge in [-0.2, -0.15) is 11.8 Å². The normalized spacial score (nSPS) is 14.2. The number of nitrogens with one attached hydrogen (secondary N) is 3. The number of carbonyl (C=O) groups excluding carboxylic acids is 3. The zero-order valence-electron chi connectivity index (χ0n) is 16.1. The highest BCUT2D eigenvalue weighted by molar-refractivity contribution is 7.99. The lowest BCUT2D eigenvalue weighted by molar-refractivity contribution is -0.147. The first-order chi connectivity index (χ1) is 13.4. The van der Waals surface area contributed by atoms with E-state index in [1.807, 2.05) is 0 Å². The Balaban J connectivity index is 0.00000420. The molecule has 1 unspecified atom stereocenters.